The van der Waals surface area contributed by atoms with E-state index in [9.17, 15) is 9.59 Å². The summed E-state index contributed by atoms with van der Waals surface area (Å²) in [6, 6.07) is 18.6. The third-order valence-electron chi connectivity index (χ3n) is 4.73. The minimum absolute atomic E-state index is 0.138. The van der Waals surface area contributed by atoms with Gasteiger partial charge in [-0.1, -0.05) is 42.1 Å². The molecule has 31 heavy (non-hydrogen) atoms. The zero-order chi connectivity index (χ0) is 21.6. The summed E-state index contributed by atoms with van der Waals surface area (Å²) in [5, 5.41) is 1.07. The lowest BCUT2D eigenvalue weighted by Gasteiger charge is -2.14. The smallest absolute Gasteiger partial charge is 0.338 e. The van der Waals surface area contributed by atoms with Crippen molar-refractivity contribution in [1.82, 2.24) is 14.5 Å². The average molecular weight is 432 g/mol. The average Bonchev–Trinajstić information content (AvgIpc) is 2.81. The molecule has 6 nitrogen and oxygen atoms in total. The molecular formula is C24H21N3O3S. The number of carbonyl (C=O) groups excluding carboxylic acids is 1. The minimum atomic E-state index is -0.425. The molecule has 2 aromatic heterocycles. The topological polar surface area (TPSA) is 74.1 Å². The van der Waals surface area contributed by atoms with Crippen molar-refractivity contribution in [3.63, 3.8) is 0 Å². The predicted molar refractivity (Wildman–Crippen MR) is 121 cm³/mol. The van der Waals surface area contributed by atoms with Gasteiger partial charge in [-0.15, -0.1) is 0 Å². The van der Waals surface area contributed by atoms with Crippen LogP contribution in [0, 0.1) is 0 Å². The molecule has 0 N–H and O–H groups in total. The summed E-state index contributed by atoms with van der Waals surface area (Å²) in [7, 11) is 0. The van der Waals surface area contributed by atoms with Crippen LogP contribution >= 0.6 is 11.8 Å². The van der Waals surface area contributed by atoms with Gasteiger partial charge < -0.3 is 4.74 Å². The lowest BCUT2D eigenvalue weighted by Crippen LogP contribution is -2.24. The molecule has 0 atom stereocenters. The van der Waals surface area contributed by atoms with Crippen molar-refractivity contribution in [2.24, 2.45) is 0 Å². The number of pyridine rings is 1. The molecule has 4 rings (SSSR count). The van der Waals surface area contributed by atoms with Gasteiger partial charge in [0.15, 0.2) is 5.16 Å². The van der Waals surface area contributed by atoms with Crippen LogP contribution in [0.2, 0.25) is 0 Å². The number of ether oxygens (including phenoxy) is 1. The highest BCUT2D eigenvalue weighted by Crippen LogP contribution is 2.23. The predicted octanol–water partition coefficient (Wildman–Crippen LogP) is 4.31. The normalized spacial score (nSPS) is 10.9. The van der Waals surface area contributed by atoms with E-state index in [-0.39, 0.29) is 12.2 Å². The van der Waals surface area contributed by atoms with E-state index < -0.39 is 5.97 Å². The second-order valence-corrected chi connectivity index (χ2v) is 7.81. The fourth-order valence-corrected chi connectivity index (χ4v) is 4.14. The SMILES string of the molecule is CCOC(=O)c1ccc2c(=O)n(Cc3ccccc3)c(SCc3ccncc3)nc2c1. The number of fused-ring (bicyclic) bond motifs is 1. The van der Waals surface area contributed by atoms with Crippen LogP contribution in [0.15, 0.2) is 83.0 Å². The first kappa shape index (κ1) is 20.8. The number of esters is 1. The molecule has 0 amide bonds. The first-order valence-electron chi connectivity index (χ1n) is 9.93. The van der Waals surface area contributed by atoms with Gasteiger partial charge in [0.2, 0.25) is 0 Å². The Bertz CT molecular complexity index is 1260. The van der Waals surface area contributed by atoms with Crippen LogP contribution in [0.25, 0.3) is 10.9 Å². The zero-order valence-corrected chi connectivity index (χ0v) is 17.8. The molecule has 7 heteroatoms. The maximum atomic E-state index is 13.4. The standard InChI is InChI=1S/C24H21N3O3S/c1-2-30-23(29)19-8-9-20-21(14-19)26-24(31-16-18-10-12-25-13-11-18)27(22(20)28)15-17-6-4-3-5-7-17/h3-14H,2,15-16H2,1H3. The van der Waals surface area contributed by atoms with Gasteiger partial charge >= 0.3 is 5.97 Å². The van der Waals surface area contributed by atoms with E-state index in [2.05, 4.69) is 4.98 Å². The molecule has 4 aromatic rings. The van der Waals surface area contributed by atoms with Gasteiger partial charge in [0.1, 0.15) is 0 Å². The summed E-state index contributed by atoms with van der Waals surface area (Å²) >= 11 is 1.48. The second-order valence-electron chi connectivity index (χ2n) is 6.87. The van der Waals surface area contributed by atoms with Gasteiger partial charge in [-0.05, 0) is 48.4 Å². The number of nitrogens with zero attached hydrogens (tertiary/aromatic N) is 3. The molecule has 0 unspecified atom stereocenters. The molecular weight excluding hydrogens is 410 g/mol. The van der Waals surface area contributed by atoms with Gasteiger partial charge in [-0.25, -0.2) is 9.78 Å². The van der Waals surface area contributed by atoms with Crippen molar-refractivity contribution in [2.75, 3.05) is 6.61 Å². The van der Waals surface area contributed by atoms with Gasteiger partial charge in [-0.3, -0.25) is 14.3 Å². The fraction of sp³-hybridized carbons (Fsp3) is 0.167. The Balaban J connectivity index is 1.78. The number of benzene rings is 2. The minimum Gasteiger partial charge on any atom is -0.462 e. The van der Waals surface area contributed by atoms with Crippen molar-refractivity contribution in [3.05, 3.63) is 100 Å². The molecule has 0 fully saturated rings. The quantitative estimate of drug-likeness (QED) is 0.247. The second kappa shape index (κ2) is 9.57. The highest BCUT2D eigenvalue weighted by molar-refractivity contribution is 7.98. The summed E-state index contributed by atoms with van der Waals surface area (Å²) in [6.45, 7) is 2.46. The van der Waals surface area contributed by atoms with Crippen molar-refractivity contribution >= 4 is 28.6 Å². The Kier molecular flexibility index (Phi) is 6.43. The molecule has 156 valence electrons. The Morgan fingerprint density at radius 3 is 2.55 bits per heavy atom. The Labute approximate surface area is 183 Å². The summed E-state index contributed by atoms with van der Waals surface area (Å²) in [6.07, 6.45) is 3.48. The Morgan fingerprint density at radius 2 is 1.81 bits per heavy atom. The molecule has 0 radical (unpaired) electrons. The summed E-state index contributed by atoms with van der Waals surface area (Å²) in [4.78, 5) is 34.3. The van der Waals surface area contributed by atoms with Crippen LogP contribution in [0.1, 0.15) is 28.4 Å². The van der Waals surface area contributed by atoms with Crippen LogP contribution in [0.4, 0.5) is 0 Å². The summed E-state index contributed by atoms with van der Waals surface area (Å²) in [5.74, 6) is 0.220. The van der Waals surface area contributed by atoms with E-state index in [1.54, 1.807) is 42.1 Å². The lowest BCUT2D eigenvalue weighted by molar-refractivity contribution is 0.0526. The molecule has 2 heterocycles. The van der Waals surface area contributed by atoms with E-state index in [0.717, 1.165) is 11.1 Å². The van der Waals surface area contributed by atoms with Gasteiger partial charge in [-0.2, -0.15) is 0 Å². The van der Waals surface area contributed by atoms with Crippen molar-refractivity contribution in [3.8, 4) is 0 Å². The van der Waals surface area contributed by atoms with E-state index >= 15 is 0 Å². The maximum Gasteiger partial charge on any atom is 0.338 e. The molecule has 0 aliphatic carbocycles. The zero-order valence-electron chi connectivity index (χ0n) is 17.0. The maximum absolute atomic E-state index is 13.4. The summed E-state index contributed by atoms with van der Waals surface area (Å²) < 4.78 is 6.77. The molecule has 0 aliphatic rings. The van der Waals surface area contributed by atoms with Crippen molar-refractivity contribution in [1.29, 1.82) is 0 Å². The van der Waals surface area contributed by atoms with Gasteiger partial charge in [0, 0.05) is 18.1 Å². The molecule has 2 aromatic carbocycles. The van der Waals surface area contributed by atoms with Crippen LogP contribution in [0.5, 0.6) is 0 Å². The Morgan fingerprint density at radius 1 is 1.03 bits per heavy atom. The van der Waals surface area contributed by atoms with E-state index in [1.165, 1.54) is 11.8 Å². The van der Waals surface area contributed by atoms with Crippen molar-refractivity contribution < 1.29 is 9.53 Å². The molecule has 0 bridgehead atoms. The number of hydrogen-bond donors (Lipinski definition) is 0. The number of aromatic nitrogens is 3. The van der Waals surface area contributed by atoms with E-state index in [0.29, 0.717) is 33.9 Å². The third-order valence-corrected chi connectivity index (χ3v) is 5.78. The largest absolute Gasteiger partial charge is 0.462 e. The van der Waals surface area contributed by atoms with E-state index in [4.69, 9.17) is 9.72 Å². The van der Waals surface area contributed by atoms with E-state index in [1.807, 2.05) is 42.5 Å². The monoisotopic (exact) mass is 431 g/mol. The number of hydrogen-bond acceptors (Lipinski definition) is 6. The third kappa shape index (κ3) is 4.83. The first-order valence-corrected chi connectivity index (χ1v) is 10.9. The first-order chi connectivity index (χ1) is 15.2. The van der Waals surface area contributed by atoms with Gasteiger partial charge in [0.05, 0.1) is 29.6 Å². The lowest BCUT2D eigenvalue weighted by atomic mass is 10.1. The molecule has 0 saturated carbocycles. The molecule has 0 spiro atoms. The fourth-order valence-electron chi connectivity index (χ4n) is 3.18. The number of carbonyl (C=O) groups is 1. The van der Waals surface area contributed by atoms with Crippen LogP contribution < -0.4 is 5.56 Å². The van der Waals surface area contributed by atoms with Gasteiger partial charge in [0.25, 0.3) is 5.56 Å². The molecule has 0 aliphatic heterocycles. The van der Waals surface area contributed by atoms with Crippen LogP contribution in [-0.4, -0.2) is 27.1 Å². The molecule has 0 saturated heterocycles. The highest BCUT2D eigenvalue weighted by atomic mass is 32.2. The van der Waals surface area contributed by atoms with Crippen LogP contribution in [0.3, 0.4) is 0 Å². The summed E-state index contributed by atoms with van der Waals surface area (Å²) in [5.41, 5.74) is 2.83. The number of thioether (sulfide) groups is 1. The Hall–Kier alpha value is -3.45. The van der Waals surface area contributed by atoms with Crippen LogP contribution in [-0.2, 0) is 17.0 Å². The number of rotatable bonds is 7. The highest BCUT2D eigenvalue weighted by Gasteiger charge is 2.15. The van der Waals surface area contributed by atoms with Crippen molar-refractivity contribution in [2.45, 2.75) is 24.4 Å².